The van der Waals surface area contributed by atoms with Crippen LogP contribution in [-0.4, -0.2) is 31.5 Å². The molecule has 0 bridgehead atoms. The molecule has 1 aromatic carbocycles. The van der Waals surface area contributed by atoms with Crippen LogP contribution in [0.25, 0.3) is 11.2 Å². The molecule has 2 fully saturated rings. The van der Waals surface area contributed by atoms with Crippen LogP contribution in [0.15, 0.2) is 18.3 Å². The van der Waals surface area contributed by atoms with Gasteiger partial charge in [0.25, 0.3) is 0 Å². The lowest BCUT2D eigenvalue weighted by Gasteiger charge is -2.29. The van der Waals surface area contributed by atoms with Crippen LogP contribution in [0.5, 0.6) is 0 Å². The van der Waals surface area contributed by atoms with Crippen LogP contribution in [0.1, 0.15) is 56.6 Å². The van der Waals surface area contributed by atoms with Crippen molar-refractivity contribution in [2.45, 2.75) is 57.0 Å². The lowest BCUT2D eigenvalue weighted by molar-refractivity contribution is -0.122. The Morgan fingerprint density at radius 3 is 2.41 bits per heavy atom. The molecular formula is C23H24F2N8O. The Morgan fingerprint density at radius 2 is 1.82 bits per heavy atom. The Balaban J connectivity index is 1.54. The van der Waals surface area contributed by atoms with Crippen LogP contribution in [0.3, 0.4) is 0 Å². The van der Waals surface area contributed by atoms with Gasteiger partial charge in [0.2, 0.25) is 17.8 Å². The molecule has 0 unspecified atom stereocenters. The van der Waals surface area contributed by atoms with Crippen molar-refractivity contribution in [1.82, 2.24) is 19.5 Å². The summed E-state index contributed by atoms with van der Waals surface area (Å²) in [6, 6.07) is 3.91. The number of nitriles is 1. The van der Waals surface area contributed by atoms with Crippen LogP contribution in [-0.2, 0) is 4.79 Å². The van der Waals surface area contributed by atoms with Gasteiger partial charge < -0.3 is 16.4 Å². The minimum atomic E-state index is -0.897. The van der Waals surface area contributed by atoms with Crippen LogP contribution < -0.4 is 16.4 Å². The summed E-state index contributed by atoms with van der Waals surface area (Å²) in [7, 11) is 0. The van der Waals surface area contributed by atoms with E-state index in [0.717, 1.165) is 31.4 Å². The van der Waals surface area contributed by atoms with Gasteiger partial charge in [0.1, 0.15) is 11.2 Å². The SMILES string of the molecule is N#Cc1cc(F)c(Nc2nc3cnc(NC4CCC4)nc3n2[C@H]2CC[C@H](C(N)=O)CC2)c(F)c1. The fourth-order valence-electron chi connectivity index (χ4n) is 4.62. The highest BCUT2D eigenvalue weighted by molar-refractivity contribution is 5.78. The molecule has 9 nitrogen and oxygen atoms in total. The molecule has 0 aliphatic heterocycles. The summed E-state index contributed by atoms with van der Waals surface area (Å²) in [5, 5.41) is 15.1. The first-order chi connectivity index (χ1) is 16.4. The number of halogens is 2. The van der Waals surface area contributed by atoms with Crippen molar-refractivity contribution in [2.75, 3.05) is 10.6 Å². The third kappa shape index (κ3) is 4.11. The number of primary amides is 1. The number of amides is 1. The average molecular weight is 466 g/mol. The first-order valence-corrected chi connectivity index (χ1v) is 11.4. The minimum absolute atomic E-state index is 0.0981. The predicted molar refractivity (Wildman–Crippen MR) is 121 cm³/mol. The van der Waals surface area contributed by atoms with E-state index in [1.54, 1.807) is 12.3 Å². The third-order valence-corrected chi connectivity index (χ3v) is 6.74. The van der Waals surface area contributed by atoms with E-state index >= 15 is 0 Å². The van der Waals surface area contributed by atoms with Crippen LogP contribution >= 0.6 is 0 Å². The van der Waals surface area contributed by atoms with Crippen LogP contribution in [0.2, 0.25) is 0 Å². The van der Waals surface area contributed by atoms with Gasteiger partial charge in [0, 0.05) is 18.0 Å². The smallest absolute Gasteiger partial charge is 0.224 e. The number of fused-ring (bicyclic) bond motifs is 1. The number of hydrogen-bond acceptors (Lipinski definition) is 7. The predicted octanol–water partition coefficient (Wildman–Crippen LogP) is 3.90. The fourth-order valence-corrected chi connectivity index (χ4v) is 4.62. The number of imidazole rings is 1. The summed E-state index contributed by atoms with van der Waals surface area (Å²) in [5.41, 5.74) is 5.99. The van der Waals surface area contributed by atoms with E-state index < -0.39 is 17.3 Å². The minimum Gasteiger partial charge on any atom is -0.369 e. The number of rotatable bonds is 6. The van der Waals surface area contributed by atoms with E-state index in [-0.39, 0.29) is 29.4 Å². The Morgan fingerprint density at radius 1 is 1.12 bits per heavy atom. The van der Waals surface area contributed by atoms with Crippen molar-refractivity contribution < 1.29 is 13.6 Å². The van der Waals surface area contributed by atoms with Gasteiger partial charge in [-0.1, -0.05) is 0 Å². The van der Waals surface area contributed by atoms with E-state index in [0.29, 0.717) is 48.8 Å². The standard InChI is InChI=1S/C23H24F2N8O/c24-16-8-12(10-26)9-17(25)19(16)31-23-30-18-11-28-22(29-14-2-1-3-14)32-21(18)33(23)15-6-4-13(5-7-15)20(27)34/h8-9,11,13-15H,1-7H2,(H2,27,34)(H,30,31)(H,28,29,32)/t13-,15-. The summed E-state index contributed by atoms with van der Waals surface area (Å²) in [5.74, 6) is -1.61. The van der Waals surface area contributed by atoms with Gasteiger partial charge in [0.15, 0.2) is 17.3 Å². The topological polar surface area (TPSA) is 135 Å². The molecule has 0 radical (unpaired) electrons. The van der Waals surface area contributed by atoms with Gasteiger partial charge in [-0.3, -0.25) is 9.36 Å². The zero-order chi connectivity index (χ0) is 23.8. The van der Waals surface area contributed by atoms with Crippen molar-refractivity contribution >= 4 is 34.7 Å². The number of benzene rings is 1. The average Bonchev–Trinajstić information content (AvgIpc) is 3.15. The van der Waals surface area contributed by atoms with Crippen molar-refractivity contribution in [3.8, 4) is 6.07 Å². The molecule has 4 N–H and O–H groups in total. The lowest BCUT2D eigenvalue weighted by Crippen LogP contribution is -2.29. The summed E-state index contributed by atoms with van der Waals surface area (Å²) < 4.78 is 31.1. The largest absolute Gasteiger partial charge is 0.369 e. The fraction of sp³-hybridized carbons (Fsp3) is 0.435. The Bertz CT molecular complexity index is 1270. The van der Waals surface area contributed by atoms with Crippen molar-refractivity contribution in [2.24, 2.45) is 11.7 Å². The maximum atomic E-state index is 14.6. The van der Waals surface area contributed by atoms with E-state index in [1.807, 2.05) is 4.57 Å². The molecule has 0 saturated heterocycles. The second kappa shape index (κ2) is 8.85. The highest BCUT2D eigenvalue weighted by atomic mass is 19.1. The number of anilines is 3. The Labute approximate surface area is 194 Å². The number of nitrogens with one attached hydrogen (secondary N) is 2. The molecule has 2 aliphatic rings. The maximum absolute atomic E-state index is 14.6. The van der Waals surface area contributed by atoms with Gasteiger partial charge in [-0.05, 0) is 57.1 Å². The van der Waals surface area contributed by atoms with Gasteiger partial charge >= 0.3 is 0 Å². The monoisotopic (exact) mass is 466 g/mol. The van der Waals surface area contributed by atoms with E-state index in [2.05, 4.69) is 25.6 Å². The van der Waals surface area contributed by atoms with Gasteiger partial charge in [-0.2, -0.15) is 10.2 Å². The number of nitrogens with zero attached hydrogens (tertiary/aromatic N) is 5. The Kier molecular flexibility index (Phi) is 5.73. The van der Waals surface area contributed by atoms with E-state index in [9.17, 15) is 13.6 Å². The molecule has 0 atom stereocenters. The number of nitrogens with two attached hydrogens (primary N) is 1. The molecule has 2 aromatic heterocycles. The zero-order valence-electron chi connectivity index (χ0n) is 18.4. The molecule has 1 amide bonds. The normalized spacial score (nSPS) is 20.5. The summed E-state index contributed by atoms with van der Waals surface area (Å²) in [4.78, 5) is 25.2. The highest BCUT2D eigenvalue weighted by Crippen LogP contribution is 2.37. The van der Waals surface area contributed by atoms with Crippen molar-refractivity contribution in [3.05, 3.63) is 35.5 Å². The first kappa shape index (κ1) is 22.0. The van der Waals surface area contributed by atoms with Crippen molar-refractivity contribution in [1.29, 1.82) is 5.26 Å². The molecule has 176 valence electrons. The highest BCUT2D eigenvalue weighted by Gasteiger charge is 2.30. The second-order valence-corrected chi connectivity index (χ2v) is 8.94. The van der Waals surface area contributed by atoms with E-state index in [1.165, 1.54) is 0 Å². The van der Waals surface area contributed by atoms with Gasteiger partial charge in [-0.25, -0.2) is 18.7 Å². The number of aromatic nitrogens is 4. The second-order valence-electron chi connectivity index (χ2n) is 8.94. The van der Waals surface area contributed by atoms with Crippen molar-refractivity contribution in [3.63, 3.8) is 0 Å². The quantitative estimate of drug-likeness (QED) is 0.501. The molecule has 2 saturated carbocycles. The van der Waals surface area contributed by atoms with E-state index in [4.69, 9.17) is 11.0 Å². The van der Waals surface area contributed by atoms with Gasteiger partial charge in [0.05, 0.1) is 17.8 Å². The molecule has 0 spiro atoms. The molecule has 11 heteroatoms. The number of hydrogen-bond donors (Lipinski definition) is 3. The van der Waals surface area contributed by atoms with Crippen LogP contribution in [0, 0.1) is 28.9 Å². The third-order valence-electron chi connectivity index (χ3n) is 6.74. The van der Waals surface area contributed by atoms with Crippen LogP contribution in [0.4, 0.5) is 26.4 Å². The summed E-state index contributed by atoms with van der Waals surface area (Å²) >= 11 is 0. The Hall–Kier alpha value is -3.81. The lowest BCUT2D eigenvalue weighted by atomic mass is 9.85. The molecular weight excluding hydrogens is 442 g/mol. The maximum Gasteiger partial charge on any atom is 0.224 e. The number of carbonyl (C=O) groups excluding carboxylic acids is 1. The summed E-state index contributed by atoms with van der Waals surface area (Å²) in [6.45, 7) is 0. The molecule has 2 aliphatic carbocycles. The molecule has 34 heavy (non-hydrogen) atoms. The number of carbonyl (C=O) groups is 1. The molecule has 2 heterocycles. The first-order valence-electron chi connectivity index (χ1n) is 11.4. The molecule has 5 rings (SSSR count). The summed E-state index contributed by atoms with van der Waals surface area (Å²) in [6.07, 6.45) is 7.36. The van der Waals surface area contributed by atoms with Gasteiger partial charge in [-0.15, -0.1) is 0 Å². The molecule has 3 aromatic rings. The zero-order valence-corrected chi connectivity index (χ0v) is 18.4.